The van der Waals surface area contributed by atoms with Crippen LogP contribution in [0.4, 0.5) is 0 Å². The van der Waals surface area contributed by atoms with E-state index in [1.54, 1.807) is 0 Å². The van der Waals surface area contributed by atoms with Crippen LogP contribution in [0.1, 0.15) is 25.7 Å². The molecule has 2 aliphatic carbocycles. The maximum absolute atomic E-state index is 11.5. The van der Waals surface area contributed by atoms with E-state index in [1.807, 2.05) is 0 Å². The molecule has 0 aromatic carbocycles. The molecule has 68 valence electrons. The fraction of sp³-hybridized carbons (Fsp3) is 0.400. The molecule has 3 heteroatoms. The van der Waals surface area contributed by atoms with Crippen LogP contribution >= 0.6 is 0 Å². The summed E-state index contributed by atoms with van der Waals surface area (Å²) in [6.07, 6.45) is 4.71. The van der Waals surface area contributed by atoms with Gasteiger partial charge in [-0.15, -0.1) is 0 Å². The van der Waals surface area contributed by atoms with Crippen LogP contribution in [0.15, 0.2) is 22.9 Å². The van der Waals surface area contributed by atoms with Crippen molar-refractivity contribution in [2.75, 3.05) is 0 Å². The smallest absolute Gasteiger partial charge is 0.205 e. The summed E-state index contributed by atoms with van der Waals surface area (Å²) in [4.78, 5) is 22.9. The van der Waals surface area contributed by atoms with Crippen LogP contribution in [0.5, 0.6) is 0 Å². The Kier molecular flexibility index (Phi) is 1.79. The zero-order valence-corrected chi connectivity index (χ0v) is 7.30. The lowest BCUT2D eigenvalue weighted by molar-refractivity contribution is -0.116. The Hall–Kier alpha value is -1.38. The van der Waals surface area contributed by atoms with E-state index in [4.69, 9.17) is 5.73 Å². The average molecular weight is 177 g/mol. The molecule has 0 radical (unpaired) electrons. The molecule has 0 amide bonds. The van der Waals surface area contributed by atoms with E-state index >= 15 is 0 Å². The Labute approximate surface area is 76.3 Å². The third-order valence-electron chi connectivity index (χ3n) is 2.59. The van der Waals surface area contributed by atoms with Crippen LogP contribution in [0.2, 0.25) is 0 Å². The van der Waals surface area contributed by atoms with Gasteiger partial charge in [0.15, 0.2) is 5.78 Å². The topological polar surface area (TPSA) is 60.2 Å². The minimum absolute atomic E-state index is 0.0631. The highest BCUT2D eigenvalue weighted by Crippen LogP contribution is 2.29. The SMILES string of the molecule is NC1=CC(=O)C2=C(CCCC2)C1=O. The molecule has 0 spiro atoms. The first-order valence-corrected chi connectivity index (χ1v) is 4.48. The lowest BCUT2D eigenvalue weighted by Gasteiger charge is -2.20. The molecule has 0 fully saturated rings. The number of hydrogen-bond acceptors (Lipinski definition) is 3. The van der Waals surface area contributed by atoms with Gasteiger partial charge in [0.2, 0.25) is 5.78 Å². The molecule has 0 unspecified atom stereocenters. The molecule has 2 rings (SSSR count). The average Bonchev–Trinajstić information content (AvgIpc) is 2.15. The van der Waals surface area contributed by atoms with Gasteiger partial charge in [0.25, 0.3) is 0 Å². The molecule has 0 heterocycles. The molecule has 13 heavy (non-hydrogen) atoms. The highest BCUT2D eigenvalue weighted by Gasteiger charge is 2.28. The Morgan fingerprint density at radius 1 is 1.08 bits per heavy atom. The van der Waals surface area contributed by atoms with Crippen LogP contribution in [-0.2, 0) is 9.59 Å². The first-order valence-electron chi connectivity index (χ1n) is 4.48. The molecule has 0 aromatic heterocycles. The van der Waals surface area contributed by atoms with Crippen molar-refractivity contribution in [2.24, 2.45) is 5.73 Å². The van der Waals surface area contributed by atoms with Gasteiger partial charge >= 0.3 is 0 Å². The standard InChI is InChI=1S/C10H11NO2/c11-8-5-9(12)6-3-1-2-4-7(6)10(8)13/h5H,1-4,11H2. The first-order chi connectivity index (χ1) is 6.20. The van der Waals surface area contributed by atoms with Crippen molar-refractivity contribution in [3.8, 4) is 0 Å². The second-order valence-electron chi connectivity index (χ2n) is 3.46. The van der Waals surface area contributed by atoms with Crippen LogP contribution in [0.25, 0.3) is 0 Å². The zero-order chi connectivity index (χ0) is 9.42. The van der Waals surface area contributed by atoms with Crippen molar-refractivity contribution in [3.05, 3.63) is 22.9 Å². The van der Waals surface area contributed by atoms with E-state index in [9.17, 15) is 9.59 Å². The molecule has 0 aliphatic heterocycles. The third kappa shape index (κ3) is 1.20. The summed E-state index contributed by atoms with van der Waals surface area (Å²) in [5.41, 5.74) is 6.90. The lowest BCUT2D eigenvalue weighted by Crippen LogP contribution is -2.25. The van der Waals surface area contributed by atoms with Crippen LogP contribution < -0.4 is 5.73 Å². The number of carbonyl (C=O) groups excluding carboxylic acids is 2. The molecule has 0 aromatic rings. The van der Waals surface area contributed by atoms with Crippen molar-refractivity contribution in [3.63, 3.8) is 0 Å². The van der Waals surface area contributed by atoms with Gasteiger partial charge in [-0.2, -0.15) is 0 Å². The van der Waals surface area contributed by atoms with Crippen LogP contribution in [0.3, 0.4) is 0 Å². The monoisotopic (exact) mass is 177 g/mol. The minimum atomic E-state index is -0.130. The predicted octanol–water partition coefficient (Wildman–Crippen LogP) is 0.851. The number of hydrogen-bond donors (Lipinski definition) is 1. The normalized spacial score (nSPS) is 22.9. The van der Waals surface area contributed by atoms with Crippen molar-refractivity contribution in [1.82, 2.24) is 0 Å². The van der Waals surface area contributed by atoms with E-state index < -0.39 is 0 Å². The van der Waals surface area contributed by atoms with Gasteiger partial charge in [-0.1, -0.05) is 0 Å². The summed E-state index contributed by atoms with van der Waals surface area (Å²) in [7, 11) is 0. The molecule has 0 saturated heterocycles. The predicted molar refractivity (Wildman–Crippen MR) is 47.8 cm³/mol. The number of carbonyl (C=O) groups is 2. The lowest BCUT2D eigenvalue weighted by atomic mass is 9.83. The summed E-state index contributed by atoms with van der Waals surface area (Å²) < 4.78 is 0. The maximum Gasteiger partial charge on any atom is 0.205 e. The summed E-state index contributed by atoms with van der Waals surface area (Å²) in [6, 6.07) is 0. The van der Waals surface area contributed by atoms with E-state index in [2.05, 4.69) is 0 Å². The van der Waals surface area contributed by atoms with E-state index in [0.29, 0.717) is 17.6 Å². The quantitative estimate of drug-likeness (QED) is 0.558. The zero-order valence-electron chi connectivity index (χ0n) is 7.30. The largest absolute Gasteiger partial charge is 0.395 e. The van der Waals surface area contributed by atoms with Gasteiger partial charge in [0, 0.05) is 17.2 Å². The Morgan fingerprint density at radius 3 is 2.38 bits per heavy atom. The van der Waals surface area contributed by atoms with Gasteiger partial charge in [-0.3, -0.25) is 9.59 Å². The summed E-state index contributed by atoms with van der Waals surface area (Å²) in [5.74, 6) is -0.193. The van der Waals surface area contributed by atoms with Gasteiger partial charge < -0.3 is 5.73 Å². The summed E-state index contributed by atoms with van der Waals surface area (Å²) in [5, 5.41) is 0. The summed E-state index contributed by atoms with van der Waals surface area (Å²) in [6.45, 7) is 0. The van der Waals surface area contributed by atoms with Gasteiger partial charge in [-0.25, -0.2) is 0 Å². The first kappa shape index (κ1) is 8.23. The Balaban J connectivity index is 2.45. The number of rotatable bonds is 0. The van der Waals surface area contributed by atoms with Gasteiger partial charge in [-0.05, 0) is 25.7 Å². The Morgan fingerprint density at radius 2 is 1.69 bits per heavy atom. The van der Waals surface area contributed by atoms with E-state index in [-0.39, 0.29) is 17.3 Å². The van der Waals surface area contributed by atoms with Crippen molar-refractivity contribution in [1.29, 1.82) is 0 Å². The van der Waals surface area contributed by atoms with E-state index in [1.165, 1.54) is 6.08 Å². The number of allylic oxidation sites excluding steroid dienone is 3. The maximum atomic E-state index is 11.5. The highest BCUT2D eigenvalue weighted by atomic mass is 16.1. The van der Waals surface area contributed by atoms with Crippen LogP contribution in [-0.4, -0.2) is 11.6 Å². The molecule has 0 atom stereocenters. The summed E-state index contributed by atoms with van der Waals surface area (Å²) >= 11 is 0. The van der Waals surface area contributed by atoms with Crippen molar-refractivity contribution in [2.45, 2.75) is 25.7 Å². The second-order valence-corrected chi connectivity index (χ2v) is 3.46. The molecular weight excluding hydrogens is 166 g/mol. The highest BCUT2D eigenvalue weighted by molar-refractivity contribution is 6.22. The number of nitrogens with two attached hydrogens (primary N) is 1. The van der Waals surface area contributed by atoms with Crippen LogP contribution in [0, 0.1) is 0 Å². The third-order valence-corrected chi connectivity index (χ3v) is 2.59. The minimum Gasteiger partial charge on any atom is -0.395 e. The van der Waals surface area contributed by atoms with Gasteiger partial charge in [0.05, 0.1) is 5.70 Å². The van der Waals surface area contributed by atoms with Crippen molar-refractivity contribution >= 4 is 11.6 Å². The molecular formula is C10H11NO2. The fourth-order valence-corrected chi connectivity index (χ4v) is 1.90. The number of Topliss-reactive ketones (excluding diaryl/α,β-unsaturated/α-hetero) is 1. The Bertz CT molecular complexity index is 350. The molecule has 3 nitrogen and oxygen atoms in total. The molecule has 2 N–H and O–H groups in total. The molecule has 0 saturated carbocycles. The fourth-order valence-electron chi connectivity index (χ4n) is 1.90. The number of ketones is 2. The van der Waals surface area contributed by atoms with E-state index in [0.717, 1.165) is 19.3 Å². The van der Waals surface area contributed by atoms with Gasteiger partial charge in [0.1, 0.15) is 0 Å². The van der Waals surface area contributed by atoms with Crippen molar-refractivity contribution < 1.29 is 9.59 Å². The molecule has 2 aliphatic rings. The second kappa shape index (κ2) is 2.83. The molecule has 0 bridgehead atoms.